The third kappa shape index (κ3) is 7.27. The van der Waals surface area contributed by atoms with Crippen LogP contribution in [0.15, 0.2) is 47.4 Å². The molecule has 0 bridgehead atoms. The molecule has 0 fully saturated rings. The number of carboxylic acid groups (broad SMARTS) is 1. The molecule has 0 saturated carbocycles. The number of amides is 2. The number of nitrogens with one attached hydrogen (secondary N) is 2. The maximum absolute atomic E-state index is 12.7. The Bertz CT molecular complexity index is 908. The quantitative estimate of drug-likeness (QED) is 0.446. The predicted octanol–water partition coefficient (Wildman–Crippen LogP) is 5.31. The van der Waals surface area contributed by atoms with E-state index in [0.29, 0.717) is 22.8 Å². The summed E-state index contributed by atoms with van der Waals surface area (Å²) in [7, 11) is 0. The summed E-state index contributed by atoms with van der Waals surface area (Å²) in [5.74, 6) is -1.62. The summed E-state index contributed by atoms with van der Waals surface area (Å²) in [6.07, 6.45) is 0.237. The monoisotopic (exact) mass is 454 g/mol. The second kappa shape index (κ2) is 11.1. The lowest BCUT2D eigenvalue weighted by Crippen LogP contribution is -2.24. The van der Waals surface area contributed by atoms with Crippen LogP contribution in [-0.2, 0) is 14.4 Å². The molecule has 0 aliphatic carbocycles. The van der Waals surface area contributed by atoms with Crippen molar-refractivity contribution in [3.8, 4) is 0 Å². The van der Waals surface area contributed by atoms with Crippen LogP contribution in [0.5, 0.6) is 0 Å². The zero-order valence-electron chi connectivity index (χ0n) is 15.6. The van der Waals surface area contributed by atoms with Gasteiger partial charge in [0.15, 0.2) is 0 Å². The fourth-order valence-corrected chi connectivity index (χ4v) is 3.75. The van der Waals surface area contributed by atoms with E-state index in [9.17, 15) is 14.4 Å². The number of hydrogen-bond donors (Lipinski definition) is 3. The largest absolute Gasteiger partial charge is 0.481 e. The highest BCUT2D eigenvalue weighted by Gasteiger charge is 2.20. The SMILES string of the molecule is CCC(Sc1cccc(NC(=O)CCC(=O)O)c1)C(=O)Nc1cccc(Cl)c1Cl. The van der Waals surface area contributed by atoms with Gasteiger partial charge in [-0.05, 0) is 36.8 Å². The zero-order valence-corrected chi connectivity index (χ0v) is 17.9. The Morgan fingerprint density at radius 1 is 1.07 bits per heavy atom. The minimum Gasteiger partial charge on any atom is -0.481 e. The van der Waals surface area contributed by atoms with Gasteiger partial charge in [-0.2, -0.15) is 0 Å². The van der Waals surface area contributed by atoms with Gasteiger partial charge in [-0.3, -0.25) is 14.4 Å². The second-order valence-electron chi connectivity index (χ2n) is 6.08. The van der Waals surface area contributed by atoms with E-state index >= 15 is 0 Å². The van der Waals surface area contributed by atoms with Crippen molar-refractivity contribution in [2.24, 2.45) is 0 Å². The van der Waals surface area contributed by atoms with Crippen LogP contribution < -0.4 is 10.6 Å². The Balaban J connectivity index is 2.02. The topological polar surface area (TPSA) is 95.5 Å². The van der Waals surface area contributed by atoms with Crippen molar-refractivity contribution in [1.82, 2.24) is 0 Å². The van der Waals surface area contributed by atoms with Gasteiger partial charge in [0, 0.05) is 17.0 Å². The van der Waals surface area contributed by atoms with Gasteiger partial charge < -0.3 is 15.7 Å². The van der Waals surface area contributed by atoms with Gasteiger partial charge in [0.25, 0.3) is 0 Å². The summed E-state index contributed by atoms with van der Waals surface area (Å²) < 4.78 is 0. The molecule has 0 aliphatic heterocycles. The van der Waals surface area contributed by atoms with E-state index in [1.807, 2.05) is 13.0 Å². The molecule has 2 aromatic rings. The van der Waals surface area contributed by atoms with Gasteiger partial charge in [0.05, 0.1) is 27.4 Å². The van der Waals surface area contributed by atoms with Crippen LogP contribution in [0.1, 0.15) is 26.2 Å². The molecule has 0 aliphatic rings. The molecule has 29 heavy (non-hydrogen) atoms. The summed E-state index contributed by atoms with van der Waals surface area (Å²) in [6.45, 7) is 1.90. The first-order valence-corrected chi connectivity index (χ1v) is 10.5. The maximum Gasteiger partial charge on any atom is 0.303 e. The standard InChI is InChI=1S/C20H20Cl2N2O4S/c1-2-16(20(28)24-15-8-4-7-14(21)19(15)22)29-13-6-3-5-12(11-13)23-17(25)9-10-18(26)27/h3-8,11,16H,2,9-10H2,1H3,(H,23,25)(H,24,28)(H,26,27). The number of carboxylic acids is 1. The van der Waals surface area contributed by atoms with Crippen LogP contribution in [0.2, 0.25) is 10.0 Å². The van der Waals surface area contributed by atoms with Gasteiger partial charge in [0.2, 0.25) is 11.8 Å². The van der Waals surface area contributed by atoms with Crippen LogP contribution >= 0.6 is 35.0 Å². The Labute approximate surface area is 183 Å². The van der Waals surface area contributed by atoms with Crippen molar-refractivity contribution in [1.29, 1.82) is 0 Å². The number of benzene rings is 2. The van der Waals surface area contributed by atoms with Gasteiger partial charge >= 0.3 is 5.97 Å². The first-order chi connectivity index (χ1) is 13.8. The minimum absolute atomic E-state index is 0.104. The van der Waals surface area contributed by atoms with Gasteiger partial charge in [-0.15, -0.1) is 11.8 Å². The van der Waals surface area contributed by atoms with Crippen molar-refractivity contribution in [2.75, 3.05) is 10.6 Å². The summed E-state index contributed by atoms with van der Waals surface area (Å²) in [5.41, 5.74) is 0.987. The highest BCUT2D eigenvalue weighted by Crippen LogP contribution is 2.32. The van der Waals surface area contributed by atoms with Crippen LogP contribution in [0.3, 0.4) is 0 Å². The highest BCUT2D eigenvalue weighted by atomic mass is 35.5. The average molecular weight is 455 g/mol. The molecule has 0 spiro atoms. The number of aliphatic carboxylic acids is 1. The van der Waals surface area contributed by atoms with E-state index in [2.05, 4.69) is 10.6 Å². The molecule has 3 N–H and O–H groups in total. The second-order valence-corrected chi connectivity index (χ2v) is 8.14. The molecule has 0 saturated heterocycles. The van der Waals surface area contributed by atoms with Crippen molar-refractivity contribution < 1.29 is 19.5 Å². The fourth-order valence-electron chi connectivity index (χ4n) is 2.39. The van der Waals surface area contributed by atoms with Crippen LogP contribution in [0.4, 0.5) is 11.4 Å². The van der Waals surface area contributed by atoms with E-state index < -0.39 is 5.97 Å². The van der Waals surface area contributed by atoms with Crippen molar-refractivity contribution in [3.05, 3.63) is 52.5 Å². The third-order valence-electron chi connectivity index (χ3n) is 3.83. The molecule has 2 rings (SSSR count). The van der Waals surface area contributed by atoms with E-state index in [1.54, 1.807) is 36.4 Å². The van der Waals surface area contributed by atoms with Crippen LogP contribution in [0.25, 0.3) is 0 Å². The molecule has 9 heteroatoms. The maximum atomic E-state index is 12.7. The minimum atomic E-state index is -1.03. The number of hydrogen-bond acceptors (Lipinski definition) is 4. The molecule has 0 heterocycles. The van der Waals surface area contributed by atoms with E-state index in [4.69, 9.17) is 28.3 Å². The van der Waals surface area contributed by atoms with Gasteiger partial charge in [-0.25, -0.2) is 0 Å². The molecule has 1 unspecified atom stereocenters. The lowest BCUT2D eigenvalue weighted by Gasteiger charge is -2.16. The Morgan fingerprint density at radius 2 is 1.79 bits per heavy atom. The lowest BCUT2D eigenvalue weighted by atomic mass is 10.2. The van der Waals surface area contributed by atoms with Crippen molar-refractivity contribution in [3.63, 3.8) is 0 Å². The summed E-state index contributed by atoms with van der Waals surface area (Å²) in [4.78, 5) is 35.8. The Kier molecular flexibility index (Phi) is 8.82. The van der Waals surface area contributed by atoms with Gasteiger partial charge in [0.1, 0.15) is 0 Å². The normalized spacial score (nSPS) is 11.6. The fraction of sp³-hybridized carbons (Fsp3) is 0.250. The summed E-state index contributed by atoms with van der Waals surface area (Å²) in [6, 6.07) is 12.1. The third-order valence-corrected chi connectivity index (χ3v) is 6.01. The average Bonchev–Trinajstić information content (AvgIpc) is 2.68. The molecular formula is C20H20Cl2N2O4S. The molecule has 2 aromatic carbocycles. The van der Waals surface area contributed by atoms with Crippen LogP contribution in [-0.4, -0.2) is 28.1 Å². The van der Waals surface area contributed by atoms with Crippen LogP contribution in [0, 0.1) is 0 Å². The molecular weight excluding hydrogens is 435 g/mol. The number of rotatable bonds is 9. The van der Waals surface area contributed by atoms with Crippen molar-refractivity contribution >= 4 is 64.1 Å². The Morgan fingerprint density at radius 3 is 2.48 bits per heavy atom. The molecule has 154 valence electrons. The summed E-state index contributed by atoms with van der Waals surface area (Å²) >= 11 is 13.5. The first kappa shape index (κ1) is 23.1. The molecule has 1 atom stereocenters. The molecule has 6 nitrogen and oxygen atoms in total. The molecule has 2 amide bonds. The highest BCUT2D eigenvalue weighted by molar-refractivity contribution is 8.00. The van der Waals surface area contributed by atoms with Gasteiger partial charge in [-0.1, -0.05) is 42.3 Å². The first-order valence-electron chi connectivity index (χ1n) is 8.83. The number of thioether (sulfide) groups is 1. The van der Waals surface area contributed by atoms with Crippen molar-refractivity contribution in [2.45, 2.75) is 36.3 Å². The number of halogens is 2. The van der Waals surface area contributed by atoms with E-state index in [1.165, 1.54) is 11.8 Å². The number of carbonyl (C=O) groups is 3. The molecule has 0 aromatic heterocycles. The van der Waals surface area contributed by atoms with E-state index in [0.717, 1.165) is 4.90 Å². The summed E-state index contributed by atoms with van der Waals surface area (Å²) in [5, 5.41) is 14.4. The Hall–Kier alpha value is -2.22. The smallest absolute Gasteiger partial charge is 0.303 e. The predicted molar refractivity (Wildman–Crippen MR) is 117 cm³/mol. The van der Waals surface area contributed by atoms with E-state index in [-0.39, 0.29) is 34.9 Å². The zero-order chi connectivity index (χ0) is 21.4. The number of anilines is 2. The number of carbonyl (C=O) groups excluding carboxylic acids is 2. The lowest BCUT2D eigenvalue weighted by molar-refractivity contribution is -0.138. The molecule has 0 radical (unpaired) electrons.